The fraction of sp³-hybridized carbons (Fsp3) is 0.750. The predicted molar refractivity (Wildman–Crippen MR) is 36.2 cm³/mol. The molecule has 51 valence electrons. The molecule has 1 saturated carbocycles. The topological polar surface area (TPSA) is 0 Å². The Bertz CT molecular complexity index is 72.6. The van der Waals surface area contributed by atoms with E-state index in [-0.39, 0.29) is 18.6 Å². The van der Waals surface area contributed by atoms with Crippen molar-refractivity contribution in [3.05, 3.63) is 13.8 Å². The van der Waals surface area contributed by atoms with Gasteiger partial charge in [0.2, 0.25) is 0 Å². The van der Waals surface area contributed by atoms with Gasteiger partial charge >= 0.3 is 18.6 Å². The minimum absolute atomic E-state index is 0. The third-order valence-electron chi connectivity index (χ3n) is 2.19. The summed E-state index contributed by atoms with van der Waals surface area (Å²) in [5.41, 5.74) is 0.375. The smallest absolute Gasteiger partial charge is 0.345 e. The SMILES string of the molecule is [CH2-]CC1([CH2-])CCCC1.[V+2]. The molecule has 0 aromatic heterocycles. The van der Waals surface area contributed by atoms with Crippen LogP contribution in [0.4, 0.5) is 0 Å². The molecule has 1 fully saturated rings. The van der Waals surface area contributed by atoms with E-state index in [1.54, 1.807) is 0 Å². The van der Waals surface area contributed by atoms with E-state index in [4.69, 9.17) is 0 Å². The van der Waals surface area contributed by atoms with E-state index in [0.717, 1.165) is 6.42 Å². The van der Waals surface area contributed by atoms with E-state index < -0.39 is 0 Å². The van der Waals surface area contributed by atoms with Crippen LogP contribution in [0.1, 0.15) is 32.1 Å². The molecular formula is C8H14V. The first-order valence-corrected chi connectivity index (χ1v) is 3.41. The molecule has 0 heterocycles. The van der Waals surface area contributed by atoms with Crippen molar-refractivity contribution in [3.63, 3.8) is 0 Å². The summed E-state index contributed by atoms with van der Waals surface area (Å²) in [5, 5.41) is 0. The van der Waals surface area contributed by atoms with Gasteiger partial charge in [-0.15, -0.1) is 0 Å². The maximum absolute atomic E-state index is 4.12. The molecular weight excluding hydrogens is 147 g/mol. The van der Waals surface area contributed by atoms with Gasteiger partial charge in [0.05, 0.1) is 0 Å². The predicted octanol–water partition coefficient (Wildman–Crippen LogP) is 2.60. The Labute approximate surface area is 70.3 Å². The Hall–Kier alpha value is 0.584. The van der Waals surface area contributed by atoms with Crippen LogP contribution in [-0.4, -0.2) is 0 Å². The fourth-order valence-electron chi connectivity index (χ4n) is 1.37. The molecule has 1 radical (unpaired) electrons. The van der Waals surface area contributed by atoms with Crippen molar-refractivity contribution < 1.29 is 18.6 Å². The number of hydrogen-bond acceptors (Lipinski definition) is 0. The van der Waals surface area contributed by atoms with Crippen molar-refractivity contribution in [2.24, 2.45) is 5.41 Å². The normalized spacial score (nSPS) is 23.3. The van der Waals surface area contributed by atoms with Gasteiger partial charge in [0, 0.05) is 0 Å². The third-order valence-corrected chi connectivity index (χ3v) is 2.19. The fourth-order valence-corrected chi connectivity index (χ4v) is 1.37. The minimum Gasteiger partial charge on any atom is -0.345 e. The maximum atomic E-state index is 4.12. The summed E-state index contributed by atoms with van der Waals surface area (Å²) in [6.45, 7) is 8.00. The average molecular weight is 161 g/mol. The second-order valence-electron chi connectivity index (χ2n) is 2.96. The number of rotatable bonds is 1. The van der Waals surface area contributed by atoms with Crippen molar-refractivity contribution in [1.29, 1.82) is 0 Å². The van der Waals surface area contributed by atoms with Crippen LogP contribution in [0.3, 0.4) is 0 Å². The van der Waals surface area contributed by atoms with Gasteiger partial charge < -0.3 is 13.8 Å². The van der Waals surface area contributed by atoms with E-state index in [9.17, 15) is 0 Å². The van der Waals surface area contributed by atoms with E-state index in [0.29, 0.717) is 5.41 Å². The van der Waals surface area contributed by atoms with Crippen molar-refractivity contribution in [2.45, 2.75) is 32.1 Å². The molecule has 0 aromatic rings. The molecule has 0 aromatic carbocycles. The molecule has 0 aliphatic heterocycles. The minimum atomic E-state index is 0. The van der Waals surface area contributed by atoms with E-state index >= 15 is 0 Å². The molecule has 1 aliphatic rings. The second kappa shape index (κ2) is 3.68. The van der Waals surface area contributed by atoms with E-state index in [1.165, 1.54) is 25.7 Å². The standard InChI is InChI=1S/C8H14.V/c1-3-8(2)6-4-5-7-8;/h1-7H2;/q-2;+2. The molecule has 0 unspecified atom stereocenters. The summed E-state index contributed by atoms with van der Waals surface area (Å²) in [5.74, 6) is 0. The molecule has 9 heavy (non-hydrogen) atoms. The van der Waals surface area contributed by atoms with Crippen molar-refractivity contribution in [2.75, 3.05) is 0 Å². The first kappa shape index (κ1) is 9.58. The summed E-state index contributed by atoms with van der Waals surface area (Å²) < 4.78 is 0. The molecule has 0 atom stereocenters. The van der Waals surface area contributed by atoms with Gasteiger partial charge in [-0.3, -0.25) is 0 Å². The van der Waals surface area contributed by atoms with Crippen LogP contribution >= 0.6 is 0 Å². The molecule has 0 N–H and O–H groups in total. The van der Waals surface area contributed by atoms with Crippen molar-refractivity contribution in [1.82, 2.24) is 0 Å². The maximum Gasteiger partial charge on any atom is 2.00 e. The Morgan fingerprint density at radius 1 is 1.22 bits per heavy atom. The van der Waals surface area contributed by atoms with Gasteiger partial charge in [0.25, 0.3) is 0 Å². The Kier molecular flexibility index (Phi) is 3.92. The van der Waals surface area contributed by atoms with Crippen LogP contribution in [0.25, 0.3) is 0 Å². The van der Waals surface area contributed by atoms with Crippen LogP contribution in [-0.2, 0) is 18.6 Å². The molecule has 0 saturated heterocycles. The number of hydrogen-bond donors (Lipinski definition) is 0. The first-order valence-electron chi connectivity index (χ1n) is 3.41. The second-order valence-corrected chi connectivity index (χ2v) is 2.96. The van der Waals surface area contributed by atoms with Crippen LogP contribution in [0.15, 0.2) is 0 Å². The monoisotopic (exact) mass is 161 g/mol. The molecule has 0 amide bonds. The van der Waals surface area contributed by atoms with Gasteiger partial charge in [-0.1, -0.05) is 25.7 Å². The van der Waals surface area contributed by atoms with E-state index in [1.807, 2.05) is 0 Å². The largest absolute Gasteiger partial charge is 2.00 e. The molecule has 0 spiro atoms. The Morgan fingerprint density at radius 2 is 1.67 bits per heavy atom. The van der Waals surface area contributed by atoms with E-state index in [2.05, 4.69) is 13.8 Å². The van der Waals surface area contributed by atoms with Gasteiger partial charge in [-0.2, -0.15) is 5.41 Å². The molecule has 1 heteroatoms. The van der Waals surface area contributed by atoms with Crippen molar-refractivity contribution in [3.8, 4) is 0 Å². The zero-order valence-corrected chi connectivity index (χ0v) is 7.29. The van der Waals surface area contributed by atoms with Crippen molar-refractivity contribution >= 4 is 0 Å². The Balaban J connectivity index is 0.000000640. The van der Waals surface area contributed by atoms with Gasteiger partial charge in [0.15, 0.2) is 0 Å². The molecule has 1 aliphatic carbocycles. The quantitative estimate of drug-likeness (QED) is 0.518. The average Bonchev–Trinajstić information content (AvgIpc) is 2.17. The van der Waals surface area contributed by atoms with Gasteiger partial charge in [-0.05, 0) is 0 Å². The first-order chi connectivity index (χ1) is 3.77. The van der Waals surface area contributed by atoms with Gasteiger partial charge in [0.1, 0.15) is 0 Å². The summed E-state index contributed by atoms with van der Waals surface area (Å²) in [7, 11) is 0. The zero-order chi connectivity index (χ0) is 6.04. The zero-order valence-electron chi connectivity index (χ0n) is 5.90. The summed E-state index contributed by atoms with van der Waals surface area (Å²) >= 11 is 0. The van der Waals surface area contributed by atoms with Crippen LogP contribution in [0.2, 0.25) is 0 Å². The summed E-state index contributed by atoms with van der Waals surface area (Å²) in [4.78, 5) is 0. The third kappa shape index (κ3) is 2.35. The summed E-state index contributed by atoms with van der Waals surface area (Å²) in [6, 6.07) is 0. The van der Waals surface area contributed by atoms with Gasteiger partial charge in [-0.25, -0.2) is 6.42 Å². The van der Waals surface area contributed by atoms with Crippen LogP contribution in [0, 0.1) is 19.3 Å². The molecule has 1 rings (SSSR count). The molecule has 0 nitrogen and oxygen atoms in total. The summed E-state index contributed by atoms with van der Waals surface area (Å²) in [6.07, 6.45) is 6.37. The molecule has 0 bridgehead atoms. The van der Waals surface area contributed by atoms with Crippen LogP contribution in [0.5, 0.6) is 0 Å². The Morgan fingerprint density at radius 3 is 1.89 bits per heavy atom. The van der Waals surface area contributed by atoms with Crippen LogP contribution < -0.4 is 0 Å².